The molecule has 2 aromatic heterocycles. The van der Waals surface area contributed by atoms with Gasteiger partial charge in [-0.05, 0) is 42.7 Å². The molecule has 0 saturated heterocycles. The van der Waals surface area contributed by atoms with Crippen molar-refractivity contribution in [1.82, 2.24) is 14.6 Å². The number of aryl methyl sites for hydroxylation is 1. The zero-order chi connectivity index (χ0) is 24.1. The van der Waals surface area contributed by atoms with Crippen molar-refractivity contribution in [3.05, 3.63) is 92.8 Å². The van der Waals surface area contributed by atoms with E-state index in [9.17, 15) is 14.4 Å². The standard InChI is InChI=1S/C25H24N4O4S/c1-3-20(16-8-6-5-7-9-16)23(31)26-18-12-10-17(11-13-18)24(32)33-15-19-14-22(30)29-25(27-19)34-21(4-2)28-29/h5-14,20H,3-4,15H2,1-2H3,(H,26,31). The Morgan fingerprint density at radius 2 is 1.82 bits per heavy atom. The molecule has 0 aliphatic carbocycles. The summed E-state index contributed by atoms with van der Waals surface area (Å²) < 4.78 is 6.59. The van der Waals surface area contributed by atoms with Crippen LogP contribution in [0.4, 0.5) is 5.69 Å². The third kappa shape index (κ3) is 5.20. The highest BCUT2D eigenvalue weighted by atomic mass is 32.1. The number of nitrogens with one attached hydrogen (secondary N) is 1. The molecule has 0 bridgehead atoms. The lowest BCUT2D eigenvalue weighted by molar-refractivity contribution is -0.117. The fourth-order valence-corrected chi connectivity index (χ4v) is 4.37. The molecule has 174 valence electrons. The summed E-state index contributed by atoms with van der Waals surface area (Å²) in [6, 6.07) is 17.4. The Labute approximate surface area is 200 Å². The molecule has 1 N–H and O–H groups in total. The number of esters is 1. The third-order valence-corrected chi connectivity index (χ3v) is 6.36. The Hall–Kier alpha value is -3.85. The van der Waals surface area contributed by atoms with Gasteiger partial charge in [-0.15, -0.1) is 0 Å². The first-order valence-electron chi connectivity index (χ1n) is 11.0. The summed E-state index contributed by atoms with van der Waals surface area (Å²) in [5, 5.41) is 7.91. The number of amides is 1. The summed E-state index contributed by atoms with van der Waals surface area (Å²) in [7, 11) is 0. The van der Waals surface area contributed by atoms with E-state index in [0.717, 1.165) is 10.6 Å². The summed E-state index contributed by atoms with van der Waals surface area (Å²) in [6.07, 6.45) is 1.38. The summed E-state index contributed by atoms with van der Waals surface area (Å²) in [6.45, 7) is 3.79. The van der Waals surface area contributed by atoms with Crippen molar-refractivity contribution in [1.29, 1.82) is 0 Å². The second kappa shape index (κ2) is 10.4. The average Bonchev–Trinajstić information content (AvgIpc) is 3.28. The van der Waals surface area contributed by atoms with Gasteiger partial charge in [-0.25, -0.2) is 9.78 Å². The van der Waals surface area contributed by atoms with Crippen LogP contribution in [0.1, 0.15) is 52.8 Å². The molecule has 8 nitrogen and oxygen atoms in total. The van der Waals surface area contributed by atoms with E-state index in [1.165, 1.54) is 21.9 Å². The predicted molar refractivity (Wildman–Crippen MR) is 130 cm³/mol. The Morgan fingerprint density at radius 1 is 1.09 bits per heavy atom. The topological polar surface area (TPSA) is 103 Å². The SMILES string of the molecule is CCc1nn2c(=O)cc(COC(=O)c3ccc(NC(=O)C(CC)c4ccccc4)cc3)nc2s1. The van der Waals surface area contributed by atoms with E-state index >= 15 is 0 Å². The van der Waals surface area contributed by atoms with Gasteiger partial charge in [0.1, 0.15) is 11.6 Å². The van der Waals surface area contributed by atoms with E-state index in [0.29, 0.717) is 34.7 Å². The third-order valence-electron chi connectivity index (χ3n) is 5.31. The van der Waals surface area contributed by atoms with Crippen LogP contribution in [0.5, 0.6) is 0 Å². The summed E-state index contributed by atoms with van der Waals surface area (Å²) in [4.78, 5) is 42.2. The van der Waals surface area contributed by atoms with E-state index in [1.807, 2.05) is 44.2 Å². The molecule has 0 aliphatic heterocycles. The van der Waals surface area contributed by atoms with Crippen molar-refractivity contribution in [3.63, 3.8) is 0 Å². The van der Waals surface area contributed by atoms with Crippen molar-refractivity contribution >= 4 is 33.9 Å². The molecule has 9 heteroatoms. The van der Waals surface area contributed by atoms with Crippen LogP contribution in [0.2, 0.25) is 0 Å². The Morgan fingerprint density at radius 3 is 2.50 bits per heavy atom. The van der Waals surface area contributed by atoms with Gasteiger partial charge in [-0.3, -0.25) is 9.59 Å². The second-order valence-corrected chi connectivity index (χ2v) is 8.68. The lowest BCUT2D eigenvalue weighted by Gasteiger charge is -2.15. The average molecular weight is 477 g/mol. The van der Waals surface area contributed by atoms with Gasteiger partial charge in [0.05, 0.1) is 17.2 Å². The van der Waals surface area contributed by atoms with Crippen LogP contribution < -0.4 is 10.9 Å². The molecule has 0 spiro atoms. The molecule has 4 aromatic rings. The van der Waals surface area contributed by atoms with Crippen molar-refractivity contribution in [3.8, 4) is 0 Å². The maximum atomic E-state index is 12.7. The highest BCUT2D eigenvalue weighted by Crippen LogP contribution is 2.22. The van der Waals surface area contributed by atoms with Gasteiger partial charge in [-0.1, -0.05) is 55.5 Å². The normalized spacial score (nSPS) is 11.8. The maximum Gasteiger partial charge on any atom is 0.338 e. The Balaban J connectivity index is 1.38. The van der Waals surface area contributed by atoms with Gasteiger partial charge in [0.2, 0.25) is 10.9 Å². The summed E-state index contributed by atoms with van der Waals surface area (Å²) in [5.74, 6) is -0.910. The molecule has 2 heterocycles. The fraction of sp³-hybridized carbons (Fsp3) is 0.240. The molecule has 1 unspecified atom stereocenters. The number of benzene rings is 2. The highest BCUT2D eigenvalue weighted by Gasteiger charge is 2.19. The summed E-state index contributed by atoms with van der Waals surface area (Å²) >= 11 is 1.33. The van der Waals surface area contributed by atoms with Gasteiger partial charge in [0.25, 0.3) is 5.56 Å². The number of hydrogen-bond acceptors (Lipinski definition) is 7. The molecule has 2 aromatic carbocycles. The first kappa shape index (κ1) is 23.3. The first-order valence-corrected chi connectivity index (χ1v) is 11.8. The van der Waals surface area contributed by atoms with Crippen molar-refractivity contribution in [2.45, 2.75) is 39.2 Å². The number of aromatic nitrogens is 3. The summed E-state index contributed by atoms with van der Waals surface area (Å²) in [5.41, 5.74) is 1.93. The van der Waals surface area contributed by atoms with Crippen LogP contribution in [0.3, 0.4) is 0 Å². The minimum absolute atomic E-state index is 0.105. The number of carbonyl (C=O) groups is 2. The fourth-order valence-electron chi connectivity index (χ4n) is 3.51. The minimum atomic E-state index is -0.547. The van der Waals surface area contributed by atoms with Crippen molar-refractivity contribution in [2.24, 2.45) is 0 Å². The van der Waals surface area contributed by atoms with Crippen LogP contribution in [0.15, 0.2) is 65.5 Å². The number of anilines is 1. The monoisotopic (exact) mass is 476 g/mol. The molecule has 1 atom stereocenters. The number of ether oxygens (including phenoxy) is 1. The number of hydrogen-bond donors (Lipinski definition) is 1. The highest BCUT2D eigenvalue weighted by molar-refractivity contribution is 7.16. The first-order chi connectivity index (χ1) is 16.5. The van der Waals surface area contributed by atoms with Gasteiger partial charge < -0.3 is 10.1 Å². The van der Waals surface area contributed by atoms with Gasteiger partial charge in [-0.2, -0.15) is 9.61 Å². The number of fused-ring (bicyclic) bond motifs is 1. The molecule has 34 heavy (non-hydrogen) atoms. The van der Waals surface area contributed by atoms with E-state index in [2.05, 4.69) is 15.4 Å². The minimum Gasteiger partial charge on any atom is -0.456 e. The number of carbonyl (C=O) groups excluding carboxylic acids is 2. The molecule has 4 rings (SSSR count). The van der Waals surface area contributed by atoms with Crippen molar-refractivity contribution in [2.75, 3.05) is 5.32 Å². The molecular weight excluding hydrogens is 452 g/mol. The van der Waals surface area contributed by atoms with Crippen LogP contribution in [-0.2, 0) is 22.6 Å². The second-order valence-electron chi connectivity index (χ2n) is 7.64. The van der Waals surface area contributed by atoms with E-state index in [-0.39, 0.29) is 24.0 Å². The van der Waals surface area contributed by atoms with Crippen LogP contribution >= 0.6 is 11.3 Å². The van der Waals surface area contributed by atoms with E-state index in [1.54, 1.807) is 24.3 Å². The zero-order valence-corrected chi connectivity index (χ0v) is 19.7. The Kier molecular flexibility index (Phi) is 7.12. The van der Waals surface area contributed by atoms with Gasteiger partial charge in [0.15, 0.2) is 0 Å². The van der Waals surface area contributed by atoms with Crippen LogP contribution in [-0.4, -0.2) is 26.5 Å². The number of nitrogens with zero attached hydrogens (tertiary/aromatic N) is 3. The quantitative estimate of drug-likeness (QED) is 0.382. The molecule has 0 aliphatic rings. The largest absolute Gasteiger partial charge is 0.456 e. The lowest BCUT2D eigenvalue weighted by Crippen LogP contribution is -2.20. The lowest BCUT2D eigenvalue weighted by atomic mass is 9.95. The van der Waals surface area contributed by atoms with Crippen LogP contribution in [0.25, 0.3) is 4.96 Å². The van der Waals surface area contributed by atoms with Gasteiger partial charge >= 0.3 is 5.97 Å². The zero-order valence-electron chi connectivity index (χ0n) is 18.9. The molecule has 1 amide bonds. The molecule has 0 saturated carbocycles. The Bertz CT molecular complexity index is 1360. The number of rotatable bonds is 8. The predicted octanol–water partition coefficient (Wildman–Crippen LogP) is 4.20. The van der Waals surface area contributed by atoms with E-state index < -0.39 is 5.97 Å². The van der Waals surface area contributed by atoms with Gasteiger partial charge in [0, 0.05) is 11.8 Å². The molecule has 0 fully saturated rings. The van der Waals surface area contributed by atoms with Crippen molar-refractivity contribution < 1.29 is 14.3 Å². The molecular formula is C25H24N4O4S. The molecule has 0 radical (unpaired) electrons. The van der Waals surface area contributed by atoms with E-state index in [4.69, 9.17) is 4.74 Å². The van der Waals surface area contributed by atoms with Crippen LogP contribution in [0, 0.1) is 0 Å². The smallest absolute Gasteiger partial charge is 0.338 e. The maximum absolute atomic E-state index is 12.7.